The van der Waals surface area contributed by atoms with E-state index in [1.54, 1.807) is 0 Å². The maximum absolute atomic E-state index is 3.65. The van der Waals surface area contributed by atoms with Gasteiger partial charge in [-0.25, -0.2) is 0 Å². The van der Waals surface area contributed by atoms with Crippen LogP contribution in [0.5, 0.6) is 0 Å². The van der Waals surface area contributed by atoms with Crippen molar-refractivity contribution in [3.63, 3.8) is 0 Å². The average Bonchev–Trinajstić information content (AvgIpc) is 3.45. The maximum atomic E-state index is 3.65. The van der Waals surface area contributed by atoms with E-state index in [0.29, 0.717) is 0 Å². The van der Waals surface area contributed by atoms with Gasteiger partial charge in [0.2, 0.25) is 0 Å². The molecule has 0 amide bonds. The number of anilines is 2. The number of thiophene rings is 1. The second-order valence-corrected chi connectivity index (χ2v) is 11.7. The van der Waals surface area contributed by atoms with Gasteiger partial charge < -0.3 is 5.32 Å². The molecule has 7 aromatic carbocycles. The van der Waals surface area contributed by atoms with Gasteiger partial charge in [-0.1, -0.05) is 133 Å². The minimum atomic E-state index is 1.09. The summed E-state index contributed by atoms with van der Waals surface area (Å²) in [5.74, 6) is 0. The van der Waals surface area contributed by atoms with E-state index in [4.69, 9.17) is 0 Å². The third-order valence-electron chi connectivity index (χ3n) is 8.11. The van der Waals surface area contributed by atoms with E-state index in [9.17, 15) is 0 Å². The van der Waals surface area contributed by atoms with Gasteiger partial charge in [-0.15, -0.1) is 11.3 Å². The monoisotopic (exact) mass is 553 g/mol. The van der Waals surface area contributed by atoms with Crippen LogP contribution in [0.3, 0.4) is 0 Å². The molecule has 8 aromatic rings. The Hall–Kier alpha value is -5.18. The SMILES string of the molecule is c1ccc2c(-c3ccc(-c4ccc(-c5ccc(Nc6cccc7c6sc6ccccc67)cc5)cc4)cc3)cccc2c1. The Bertz CT molecular complexity index is 2180. The Labute approximate surface area is 249 Å². The molecule has 0 spiro atoms. The molecule has 1 heterocycles. The fourth-order valence-corrected chi connectivity index (χ4v) is 7.09. The van der Waals surface area contributed by atoms with Gasteiger partial charge in [0.1, 0.15) is 0 Å². The minimum absolute atomic E-state index is 1.09. The molecule has 1 N–H and O–H groups in total. The fraction of sp³-hybridized carbons (Fsp3) is 0. The number of benzene rings is 7. The van der Waals surface area contributed by atoms with Gasteiger partial charge in [0.05, 0.1) is 10.4 Å². The van der Waals surface area contributed by atoms with Crippen LogP contribution in [0.2, 0.25) is 0 Å². The highest BCUT2D eigenvalue weighted by molar-refractivity contribution is 7.26. The second kappa shape index (κ2) is 10.3. The molecule has 0 saturated heterocycles. The summed E-state index contributed by atoms with van der Waals surface area (Å²) in [6, 6.07) is 56.8. The normalized spacial score (nSPS) is 11.3. The minimum Gasteiger partial charge on any atom is -0.354 e. The van der Waals surface area contributed by atoms with Gasteiger partial charge in [0.25, 0.3) is 0 Å². The molecule has 198 valence electrons. The Morgan fingerprint density at radius 1 is 0.381 bits per heavy atom. The molecule has 1 nitrogen and oxygen atoms in total. The second-order valence-electron chi connectivity index (χ2n) is 10.7. The van der Waals surface area contributed by atoms with Gasteiger partial charge in [-0.3, -0.25) is 0 Å². The summed E-state index contributed by atoms with van der Waals surface area (Å²) in [6.45, 7) is 0. The molecule has 0 aliphatic rings. The molecule has 0 aliphatic carbocycles. The molecule has 0 unspecified atom stereocenters. The highest BCUT2D eigenvalue weighted by Crippen LogP contribution is 2.39. The predicted octanol–water partition coefficient (Wildman–Crippen LogP) is 12.0. The van der Waals surface area contributed by atoms with Crippen molar-refractivity contribution in [2.45, 2.75) is 0 Å². The van der Waals surface area contributed by atoms with E-state index in [1.807, 2.05) is 11.3 Å². The summed E-state index contributed by atoms with van der Waals surface area (Å²) in [5, 5.41) is 8.84. The lowest BCUT2D eigenvalue weighted by atomic mass is 9.95. The van der Waals surface area contributed by atoms with Gasteiger partial charge in [-0.2, -0.15) is 0 Å². The van der Waals surface area contributed by atoms with Gasteiger partial charge in [0, 0.05) is 21.2 Å². The van der Waals surface area contributed by atoms with Crippen LogP contribution in [-0.2, 0) is 0 Å². The van der Waals surface area contributed by atoms with Crippen molar-refractivity contribution in [1.82, 2.24) is 0 Å². The van der Waals surface area contributed by atoms with Crippen molar-refractivity contribution >= 4 is 53.7 Å². The first-order valence-corrected chi connectivity index (χ1v) is 15.1. The van der Waals surface area contributed by atoms with Crippen LogP contribution >= 0.6 is 11.3 Å². The number of nitrogens with one attached hydrogen (secondary N) is 1. The van der Waals surface area contributed by atoms with E-state index in [1.165, 1.54) is 64.3 Å². The molecule has 0 radical (unpaired) electrons. The zero-order valence-electron chi connectivity index (χ0n) is 22.9. The van der Waals surface area contributed by atoms with Crippen LogP contribution in [0.1, 0.15) is 0 Å². The summed E-state index contributed by atoms with van der Waals surface area (Å²) in [5.41, 5.74) is 9.61. The van der Waals surface area contributed by atoms with Gasteiger partial charge in [0.15, 0.2) is 0 Å². The first-order valence-electron chi connectivity index (χ1n) is 14.3. The highest BCUT2D eigenvalue weighted by Gasteiger charge is 2.09. The van der Waals surface area contributed by atoms with Crippen LogP contribution in [0.4, 0.5) is 11.4 Å². The lowest BCUT2D eigenvalue weighted by molar-refractivity contribution is 1.56. The van der Waals surface area contributed by atoms with E-state index in [0.717, 1.165) is 11.4 Å². The average molecular weight is 554 g/mol. The zero-order valence-corrected chi connectivity index (χ0v) is 23.7. The Morgan fingerprint density at radius 3 is 1.62 bits per heavy atom. The van der Waals surface area contributed by atoms with Crippen LogP contribution in [0.25, 0.3) is 64.3 Å². The third-order valence-corrected chi connectivity index (χ3v) is 9.33. The van der Waals surface area contributed by atoms with Crippen LogP contribution < -0.4 is 5.32 Å². The smallest absolute Gasteiger partial charge is 0.0590 e. The van der Waals surface area contributed by atoms with Crippen LogP contribution in [0.15, 0.2) is 158 Å². The first kappa shape index (κ1) is 24.6. The van der Waals surface area contributed by atoms with Crippen molar-refractivity contribution in [2.24, 2.45) is 0 Å². The van der Waals surface area contributed by atoms with Gasteiger partial charge >= 0.3 is 0 Å². The van der Waals surface area contributed by atoms with Crippen molar-refractivity contribution in [3.8, 4) is 33.4 Å². The molecule has 2 heteroatoms. The molecule has 1 aromatic heterocycles. The maximum Gasteiger partial charge on any atom is 0.0590 e. The van der Waals surface area contributed by atoms with E-state index >= 15 is 0 Å². The summed E-state index contributed by atoms with van der Waals surface area (Å²) in [6.07, 6.45) is 0. The lowest BCUT2D eigenvalue weighted by Crippen LogP contribution is -1.90. The summed E-state index contributed by atoms with van der Waals surface area (Å²) >= 11 is 1.84. The highest BCUT2D eigenvalue weighted by atomic mass is 32.1. The number of hydrogen-bond donors (Lipinski definition) is 1. The molecule has 0 atom stereocenters. The predicted molar refractivity (Wildman–Crippen MR) is 183 cm³/mol. The number of hydrogen-bond acceptors (Lipinski definition) is 2. The lowest BCUT2D eigenvalue weighted by Gasteiger charge is -2.10. The Kier molecular flexibility index (Phi) is 6.05. The molecular weight excluding hydrogens is 527 g/mol. The molecule has 0 fully saturated rings. The fourth-order valence-electron chi connectivity index (χ4n) is 5.92. The number of fused-ring (bicyclic) bond motifs is 4. The van der Waals surface area contributed by atoms with Crippen LogP contribution in [0, 0.1) is 0 Å². The summed E-state index contributed by atoms with van der Waals surface area (Å²) in [7, 11) is 0. The first-order chi connectivity index (χ1) is 20.8. The molecule has 0 bridgehead atoms. The largest absolute Gasteiger partial charge is 0.354 e. The van der Waals surface area contributed by atoms with Gasteiger partial charge in [-0.05, 0) is 68.4 Å². The van der Waals surface area contributed by atoms with Crippen molar-refractivity contribution in [3.05, 3.63) is 158 Å². The summed E-state index contributed by atoms with van der Waals surface area (Å²) < 4.78 is 2.62. The van der Waals surface area contributed by atoms with Crippen molar-refractivity contribution < 1.29 is 0 Å². The quantitative estimate of drug-likeness (QED) is 0.223. The molecule has 8 rings (SSSR count). The van der Waals surface area contributed by atoms with E-state index < -0.39 is 0 Å². The topological polar surface area (TPSA) is 12.0 Å². The third kappa shape index (κ3) is 4.43. The molecule has 0 aliphatic heterocycles. The van der Waals surface area contributed by atoms with Crippen molar-refractivity contribution in [1.29, 1.82) is 0 Å². The van der Waals surface area contributed by atoms with E-state index in [2.05, 4.69) is 163 Å². The standard InChI is InChI=1S/C40H27NS/c1-2-9-34-31(7-1)8-5-11-35(34)32-21-19-29(20-22-32)27-15-17-28(18-16-27)30-23-25-33(26-24-30)41-38-13-6-12-37-36-10-3-4-14-39(36)42-40(37)38/h1-26,41H. The summed E-state index contributed by atoms with van der Waals surface area (Å²) in [4.78, 5) is 0. The van der Waals surface area contributed by atoms with Crippen molar-refractivity contribution in [2.75, 3.05) is 5.32 Å². The Balaban J connectivity index is 1.01. The zero-order chi connectivity index (χ0) is 27.9. The molecule has 42 heavy (non-hydrogen) atoms. The number of rotatable bonds is 5. The Morgan fingerprint density at radius 2 is 0.905 bits per heavy atom. The van der Waals surface area contributed by atoms with Crippen LogP contribution in [-0.4, -0.2) is 0 Å². The van der Waals surface area contributed by atoms with E-state index in [-0.39, 0.29) is 0 Å². The molecule has 0 saturated carbocycles. The molecular formula is C40H27NS.